The molecule has 0 bridgehead atoms. The van der Waals surface area contributed by atoms with E-state index in [0.717, 1.165) is 19.3 Å². The van der Waals surface area contributed by atoms with Crippen LogP contribution in [0.25, 0.3) is 0 Å². The van der Waals surface area contributed by atoms with Crippen molar-refractivity contribution >= 4 is 5.97 Å². The second-order valence-corrected chi connectivity index (χ2v) is 4.80. The monoisotopic (exact) mass is 263 g/mol. The topological polar surface area (TPSA) is 38.3 Å². The molecule has 2 atom stereocenters. The van der Waals surface area contributed by atoms with Crippen LogP contribution in [0.15, 0.2) is 30.3 Å². The summed E-state index contributed by atoms with van der Waals surface area (Å²) in [4.78, 5) is 11.7. The van der Waals surface area contributed by atoms with Crippen LogP contribution < -0.4 is 5.32 Å². The Labute approximate surface area is 116 Å². The zero-order chi connectivity index (χ0) is 14.1. The number of hydrogen-bond donors (Lipinski definition) is 1. The van der Waals surface area contributed by atoms with Crippen LogP contribution in [0, 0.1) is 0 Å². The summed E-state index contributed by atoms with van der Waals surface area (Å²) >= 11 is 0. The Kier molecular flexibility index (Phi) is 7.19. The summed E-state index contributed by atoms with van der Waals surface area (Å²) in [5.74, 6) is -0.142. The fraction of sp³-hybridized carbons (Fsp3) is 0.562. The van der Waals surface area contributed by atoms with Gasteiger partial charge in [-0.3, -0.25) is 4.79 Å². The molecule has 0 saturated carbocycles. The summed E-state index contributed by atoms with van der Waals surface area (Å²) < 4.78 is 5.06. The Morgan fingerprint density at radius 1 is 1.26 bits per heavy atom. The van der Waals surface area contributed by atoms with E-state index in [9.17, 15) is 4.79 Å². The van der Waals surface area contributed by atoms with E-state index in [1.54, 1.807) is 0 Å². The van der Waals surface area contributed by atoms with Gasteiger partial charge in [-0.1, -0.05) is 37.3 Å². The van der Waals surface area contributed by atoms with Gasteiger partial charge in [0.1, 0.15) is 6.04 Å². The first-order chi connectivity index (χ1) is 9.17. The van der Waals surface area contributed by atoms with Gasteiger partial charge >= 0.3 is 5.97 Å². The fourth-order valence-electron chi connectivity index (χ4n) is 2.05. The number of carbonyl (C=O) groups is 1. The van der Waals surface area contributed by atoms with Gasteiger partial charge in [0, 0.05) is 6.04 Å². The molecule has 0 aliphatic rings. The second-order valence-electron chi connectivity index (χ2n) is 4.80. The SMILES string of the molecule is CCOC(=O)C(CC)NC(C)CCc1ccccc1. The van der Waals surface area contributed by atoms with E-state index in [1.807, 2.05) is 19.9 Å². The standard InChI is InChI=1S/C16H25NO2/c1-4-15(16(18)19-5-2)17-13(3)11-12-14-9-7-6-8-10-14/h6-10,13,15,17H,4-5,11-12H2,1-3H3. The lowest BCUT2D eigenvalue weighted by Crippen LogP contribution is -2.42. The van der Waals surface area contributed by atoms with E-state index < -0.39 is 0 Å². The highest BCUT2D eigenvalue weighted by Gasteiger charge is 2.19. The summed E-state index contributed by atoms with van der Waals surface area (Å²) in [6, 6.07) is 10.5. The van der Waals surface area contributed by atoms with Gasteiger partial charge in [-0.25, -0.2) is 0 Å². The quantitative estimate of drug-likeness (QED) is 0.733. The molecule has 3 nitrogen and oxygen atoms in total. The summed E-state index contributed by atoms with van der Waals surface area (Å²) in [5, 5.41) is 3.35. The van der Waals surface area contributed by atoms with E-state index in [2.05, 4.69) is 36.5 Å². The molecule has 0 amide bonds. The third-order valence-corrected chi connectivity index (χ3v) is 3.17. The van der Waals surface area contributed by atoms with Crippen LogP contribution in [0.5, 0.6) is 0 Å². The highest BCUT2D eigenvalue weighted by Crippen LogP contribution is 2.06. The summed E-state index contributed by atoms with van der Waals surface area (Å²) in [6.45, 7) is 6.39. The molecule has 0 radical (unpaired) electrons. The first kappa shape index (κ1) is 15.7. The average molecular weight is 263 g/mol. The van der Waals surface area contributed by atoms with Gasteiger partial charge in [0.15, 0.2) is 0 Å². The van der Waals surface area contributed by atoms with Crippen LogP contribution in [0.3, 0.4) is 0 Å². The average Bonchev–Trinajstić information content (AvgIpc) is 2.44. The van der Waals surface area contributed by atoms with Crippen molar-refractivity contribution in [2.24, 2.45) is 0 Å². The Bertz CT molecular complexity index is 364. The summed E-state index contributed by atoms with van der Waals surface area (Å²) in [7, 11) is 0. The minimum atomic E-state index is -0.189. The lowest BCUT2D eigenvalue weighted by Gasteiger charge is -2.20. The van der Waals surface area contributed by atoms with Crippen molar-refractivity contribution < 1.29 is 9.53 Å². The minimum absolute atomic E-state index is 0.142. The predicted molar refractivity (Wildman–Crippen MR) is 78.1 cm³/mol. The zero-order valence-corrected chi connectivity index (χ0v) is 12.2. The van der Waals surface area contributed by atoms with Crippen LogP contribution >= 0.6 is 0 Å². The molecular formula is C16H25NO2. The van der Waals surface area contributed by atoms with Gasteiger partial charge in [0.2, 0.25) is 0 Å². The molecule has 0 aromatic heterocycles. The van der Waals surface area contributed by atoms with Gasteiger partial charge in [-0.05, 0) is 38.7 Å². The van der Waals surface area contributed by atoms with Gasteiger partial charge in [0.25, 0.3) is 0 Å². The molecule has 1 N–H and O–H groups in total. The van der Waals surface area contributed by atoms with Crippen LogP contribution in [0.2, 0.25) is 0 Å². The van der Waals surface area contributed by atoms with Crippen molar-refractivity contribution in [2.75, 3.05) is 6.61 Å². The molecule has 0 spiro atoms. The van der Waals surface area contributed by atoms with Crippen molar-refractivity contribution in [2.45, 2.75) is 52.1 Å². The third-order valence-electron chi connectivity index (χ3n) is 3.17. The Morgan fingerprint density at radius 3 is 2.53 bits per heavy atom. The van der Waals surface area contributed by atoms with E-state index in [1.165, 1.54) is 5.56 Å². The molecule has 0 saturated heterocycles. The highest BCUT2D eigenvalue weighted by molar-refractivity contribution is 5.75. The number of carbonyl (C=O) groups excluding carboxylic acids is 1. The molecule has 0 heterocycles. The minimum Gasteiger partial charge on any atom is -0.465 e. The number of esters is 1. The van der Waals surface area contributed by atoms with Gasteiger partial charge in [-0.15, -0.1) is 0 Å². The smallest absolute Gasteiger partial charge is 0.323 e. The predicted octanol–water partition coefficient (Wildman–Crippen LogP) is 2.94. The maximum Gasteiger partial charge on any atom is 0.323 e. The lowest BCUT2D eigenvalue weighted by atomic mass is 10.1. The van der Waals surface area contributed by atoms with Gasteiger partial charge in [0.05, 0.1) is 6.61 Å². The maximum absolute atomic E-state index is 11.7. The Hall–Kier alpha value is -1.35. The molecular weight excluding hydrogens is 238 g/mol. The zero-order valence-electron chi connectivity index (χ0n) is 12.2. The van der Waals surface area contributed by atoms with E-state index >= 15 is 0 Å². The number of ether oxygens (including phenoxy) is 1. The van der Waals surface area contributed by atoms with Crippen molar-refractivity contribution in [3.8, 4) is 0 Å². The van der Waals surface area contributed by atoms with Gasteiger partial charge < -0.3 is 10.1 Å². The fourth-order valence-corrected chi connectivity index (χ4v) is 2.05. The maximum atomic E-state index is 11.7. The van der Waals surface area contributed by atoms with E-state index in [0.29, 0.717) is 12.6 Å². The normalized spacial score (nSPS) is 13.8. The molecule has 2 unspecified atom stereocenters. The van der Waals surface area contributed by atoms with Crippen LogP contribution in [-0.4, -0.2) is 24.7 Å². The highest BCUT2D eigenvalue weighted by atomic mass is 16.5. The molecule has 1 rings (SSSR count). The Morgan fingerprint density at radius 2 is 1.95 bits per heavy atom. The molecule has 0 fully saturated rings. The first-order valence-electron chi connectivity index (χ1n) is 7.14. The molecule has 0 aliphatic carbocycles. The molecule has 0 aliphatic heterocycles. The van der Waals surface area contributed by atoms with Crippen molar-refractivity contribution in [1.29, 1.82) is 0 Å². The summed E-state index contributed by atoms with van der Waals surface area (Å²) in [6.07, 6.45) is 2.79. The van der Waals surface area contributed by atoms with Crippen molar-refractivity contribution in [1.82, 2.24) is 5.32 Å². The third kappa shape index (κ3) is 5.88. The number of aryl methyl sites for hydroxylation is 1. The van der Waals surface area contributed by atoms with Crippen LogP contribution in [0.4, 0.5) is 0 Å². The van der Waals surface area contributed by atoms with Crippen LogP contribution in [-0.2, 0) is 16.0 Å². The van der Waals surface area contributed by atoms with Gasteiger partial charge in [-0.2, -0.15) is 0 Å². The van der Waals surface area contributed by atoms with E-state index in [4.69, 9.17) is 4.74 Å². The molecule has 1 aromatic rings. The number of nitrogens with one attached hydrogen (secondary N) is 1. The van der Waals surface area contributed by atoms with Crippen molar-refractivity contribution in [3.05, 3.63) is 35.9 Å². The lowest BCUT2D eigenvalue weighted by molar-refractivity contribution is -0.146. The van der Waals surface area contributed by atoms with E-state index in [-0.39, 0.29) is 12.0 Å². The molecule has 19 heavy (non-hydrogen) atoms. The molecule has 1 aromatic carbocycles. The van der Waals surface area contributed by atoms with Crippen LogP contribution in [0.1, 0.15) is 39.2 Å². The Balaban J connectivity index is 2.36. The number of hydrogen-bond acceptors (Lipinski definition) is 3. The van der Waals surface area contributed by atoms with Crippen molar-refractivity contribution in [3.63, 3.8) is 0 Å². The number of benzene rings is 1. The number of rotatable bonds is 8. The largest absolute Gasteiger partial charge is 0.465 e. The molecule has 106 valence electrons. The second kappa shape index (κ2) is 8.70. The summed E-state index contributed by atoms with van der Waals surface area (Å²) in [5.41, 5.74) is 1.33. The molecule has 3 heteroatoms. The first-order valence-corrected chi connectivity index (χ1v) is 7.14.